The van der Waals surface area contributed by atoms with Crippen LogP contribution >= 0.6 is 22.7 Å². The van der Waals surface area contributed by atoms with Crippen molar-refractivity contribution in [3.05, 3.63) is 151 Å². The maximum atomic E-state index is 2.54. The van der Waals surface area contributed by atoms with Crippen LogP contribution in [-0.2, 0) is 10.8 Å². The molecular formula is C46H35NS2. The standard InChI is InChI=1S/C46H35NS2/c1-45(2)38-21-18-28-12-8-9-15-32(28)44(38)37-27-43-36(26-39(37)46(45,3)4)35-25-31(20-23-42(35)49-43)47(29-13-6-5-7-14-29)30-19-22-41-34(24-30)33-16-10-11-17-40(33)48-41/h5-27H,1-4H3. The van der Waals surface area contributed by atoms with E-state index in [2.05, 4.69) is 172 Å². The van der Waals surface area contributed by atoms with Crippen molar-refractivity contribution in [3.8, 4) is 11.1 Å². The smallest absolute Gasteiger partial charge is 0.0468 e. The van der Waals surface area contributed by atoms with Crippen LogP contribution < -0.4 is 4.90 Å². The van der Waals surface area contributed by atoms with E-state index in [0.29, 0.717) is 0 Å². The number of thiophene rings is 2. The summed E-state index contributed by atoms with van der Waals surface area (Å²) in [6.45, 7) is 9.75. The van der Waals surface area contributed by atoms with E-state index in [-0.39, 0.29) is 10.8 Å². The summed E-state index contributed by atoms with van der Waals surface area (Å²) in [5, 5.41) is 7.95. The van der Waals surface area contributed by atoms with Gasteiger partial charge in [0.15, 0.2) is 0 Å². The van der Waals surface area contributed by atoms with E-state index >= 15 is 0 Å². The summed E-state index contributed by atoms with van der Waals surface area (Å²) >= 11 is 3.78. The largest absolute Gasteiger partial charge is 0.310 e. The lowest BCUT2D eigenvalue weighted by atomic mass is 9.55. The fraction of sp³-hybridized carbons (Fsp3) is 0.130. The summed E-state index contributed by atoms with van der Waals surface area (Å²) < 4.78 is 5.32. The number of nitrogens with zero attached hydrogens (tertiary/aromatic N) is 1. The molecule has 0 saturated heterocycles. The van der Waals surface area contributed by atoms with Crippen molar-refractivity contribution in [3.63, 3.8) is 0 Å². The van der Waals surface area contributed by atoms with Gasteiger partial charge >= 0.3 is 0 Å². The monoisotopic (exact) mass is 665 g/mol. The summed E-state index contributed by atoms with van der Waals surface area (Å²) in [7, 11) is 0. The van der Waals surface area contributed by atoms with Gasteiger partial charge in [-0.05, 0) is 111 Å². The van der Waals surface area contributed by atoms with Gasteiger partial charge in [0.1, 0.15) is 0 Å². The molecule has 1 aliphatic rings. The van der Waals surface area contributed by atoms with Crippen LogP contribution in [0.1, 0.15) is 38.8 Å². The SMILES string of the molecule is CC1(C)c2cc3c(cc2-c2c(ccc4ccccc24)C1(C)C)sc1ccc(N(c2ccccc2)c2ccc4sc5ccccc5c4c2)cc13. The van der Waals surface area contributed by atoms with Gasteiger partial charge in [-0.25, -0.2) is 0 Å². The van der Waals surface area contributed by atoms with Gasteiger partial charge in [0.05, 0.1) is 0 Å². The zero-order chi connectivity index (χ0) is 33.1. The number of para-hydroxylation sites is 1. The van der Waals surface area contributed by atoms with Crippen molar-refractivity contribution in [2.45, 2.75) is 38.5 Å². The third-order valence-electron chi connectivity index (χ3n) is 11.6. The molecule has 3 heteroatoms. The summed E-state index contributed by atoms with van der Waals surface area (Å²) in [6, 6.07) is 52.2. The van der Waals surface area contributed by atoms with Crippen LogP contribution in [0.5, 0.6) is 0 Å². The highest BCUT2D eigenvalue weighted by Crippen LogP contribution is 2.57. The van der Waals surface area contributed by atoms with Gasteiger partial charge in [-0.15, -0.1) is 22.7 Å². The van der Waals surface area contributed by atoms with Gasteiger partial charge in [0.25, 0.3) is 0 Å². The van der Waals surface area contributed by atoms with E-state index in [1.165, 1.54) is 84.7 Å². The maximum Gasteiger partial charge on any atom is 0.0468 e. The number of rotatable bonds is 3. The molecule has 2 aromatic heterocycles. The highest BCUT2D eigenvalue weighted by atomic mass is 32.1. The predicted molar refractivity (Wildman–Crippen MR) is 216 cm³/mol. The van der Waals surface area contributed by atoms with E-state index in [4.69, 9.17) is 0 Å². The molecule has 2 heterocycles. The Labute approximate surface area is 294 Å². The van der Waals surface area contributed by atoms with E-state index < -0.39 is 0 Å². The Balaban J connectivity index is 1.21. The molecular weight excluding hydrogens is 631 g/mol. The van der Waals surface area contributed by atoms with E-state index in [1.54, 1.807) is 0 Å². The minimum absolute atomic E-state index is 0.0430. The number of hydrogen-bond acceptors (Lipinski definition) is 3. The zero-order valence-electron chi connectivity index (χ0n) is 28.0. The fourth-order valence-electron chi connectivity index (χ4n) is 8.31. The first-order chi connectivity index (χ1) is 23.8. The molecule has 1 nitrogen and oxygen atoms in total. The van der Waals surface area contributed by atoms with Crippen LogP contribution in [0.2, 0.25) is 0 Å². The van der Waals surface area contributed by atoms with Crippen LogP contribution in [0, 0.1) is 0 Å². The van der Waals surface area contributed by atoms with Crippen molar-refractivity contribution in [1.82, 2.24) is 0 Å². The Morgan fingerprint density at radius 2 is 0.980 bits per heavy atom. The molecule has 1 aliphatic carbocycles. The molecule has 0 unspecified atom stereocenters. The first-order valence-corrected chi connectivity index (χ1v) is 18.7. The Hall–Kier alpha value is -4.96. The molecule has 0 aliphatic heterocycles. The Kier molecular flexibility index (Phi) is 6.08. The van der Waals surface area contributed by atoms with Crippen molar-refractivity contribution in [2.24, 2.45) is 0 Å². The van der Waals surface area contributed by atoms with Crippen molar-refractivity contribution in [1.29, 1.82) is 0 Å². The summed E-state index contributed by atoms with van der Waals surface area (Å²) in [4.78, 5) is 2.42. The normalized spacial score (nSPS) is 14.9. The van der Waals surface area contributed by atoms with Crippen LogP contribution in [0.15, 0.2) is 140 Å². The molecule has 0 saturated carbocycles. The van der Waals surface area contributed by atoms with Gasteiger partial charge in [0, 0.05) is 57.4 Å². The lowest BCUT2D eigenvalue weighted by Gasteiger charge is -2.48. The zero-order valence-corrected chi connectivity index (χ0v) is 29.7. The summed E-state index contributed by atoms with van der Waals surface area (Å²) in [6.07, 6.45) is 0. The number of hydrogen-bond donors (Lipinski definition) is 0. The highest BCUT2D eigenvalue weighted by Gasteiger charge is 2.46. The number of fused-ring (bicyclic) bond motifs is 11. The van der Waals surface area contributed by atoms with Crippen LogP contribution in [0.4, 0.5) is 17.1 Å². The van der Waals surface area contributed by atoms with Crippen molar-refractivity contribution < 1.29 is 0 Å². The second-order valence-electron chi connectivity index (χ2n) is 14.6. The third kappa shape index (κ3) is 4.10. The molecule has 0 amide bonds. The predicted octanol–water partition coefficient (Wildman–Crippen LogP) is 14.3. The molecule has 49 heavy (non-hydrogen) atoms. The molecule has 0 radical (unpaired) electrons. The van der Waals surface area contributed by atoms with Gasteiger partial charge in [-0.1, -0.05) is 100 Å². The summed E-state index contributed by atoms with van der Waals surface area (Å²) in [5.74, 6) is 0. The van der Waals surface area contributed by atoms with Gasteiger partial charge < -0.3 is 4.90 Å². The molecule has 7 aromatic carbocycles. The summed E-state index contributed by atoms with van der Waals surface area (Å²) in [5.41, 5.74) is 9.07. The molecule has 10 rings (SSSR count). The average molecular weight is 666 g/mol. The third-order valence-corrected chi connectivity index (χ3v) is 13.9. The topological polar surface area (TPSA) is 3.24 Å². The van der Waals surface area contributed by atoms with Crippen LogP contribution in [-0.4, -0.2) is 0 Å². The Bertz CT molecular complexity index is 2780. The molecule has 0 spiro atoms. The molecule has 0 atom stereocenters. The van der Waals surface area contributed by atoms with Gasteiger partial charge in [-0.2, -0.15) is 0 Å². The van der Waals surface area contributed by atoms with Crippen molar-refractivity contribution in [2.75, 3.05) is 4.90 Å². The highest BCUT2D eigenvalue weighted by molar-refractivity contribution is 7.26. The molecule has 0 N–H and O–H groups in total. The first kappa shape index (κ1) is 29.0. The first-order valence-electron chi connectivity index (χ1n) is 17.1. The fourth-order valence-corrected chi connectivity index (χ4v) is 10.5. The van der Waals surface area contributed by atoms with Crippen LogP contribution in [0.3, 0.4) is 0 Å². The van der Waals surface area contributed by atoms with E-state index in [1.807, 2.05) is 22.7 Å². The molecule has 9 aromatic rings. The molecule has 0 fully saturated rings. The maximum absolute atomic E-state index is 2.54. The molecule has 236 valence electrons. The van der Waals surface area contributed by atoms with Gasteiger partial charge in [0.2, 0.25) is 0 Å². The molecule has 0 bridgehead atoms. The number of benzene rings is 7. The van der Waals surface area contributed by atoms with Crippen molar-refractivity contribution >= 4 is 90.9 Å². The van der Waals surface area contributed by atoms with Gasteiger partial charge in [-0.3, -0.25) is 0 Å². The quantitative estimate of drug-likeness (QED) is 0.182. The number of anilines is 3. The van der Waals surface area contributed by atoms with Crippen LogP contribution in [0.25, 0.3) is 62.2 Å². The average Bonchev–Trinajstić information content (AvgIpc) is 3.68. The lowest BCUT2D eigenvalue weighted by Crippen LogP contribution is -2.43. The Morgan fingerprint density at radius 1 is 0.408 bits per heavy atom. The lowest BCUT2D eigenvalue weighted by molar-refractivity contribution is 0.299. The Morgan fingerprint density at radius 3 is 1.73 bits per heavy atom. The van der Waals surface area contributed by atoms with E-state index in [0.717, 1.165) is 5.69 Å². The minimum atomic E-state index is -0.0629. The van der Waals surface area contributed by atoms with E-state index in [9.17, 15) is 0 Å². The second kappa shape index (κ2) is 10.3. The second-order valence-corrected chi connectivity index (χ2v) is 16.8. The minimum Gasteiger partial charge on any atom is -0.310 e.